The van der Waals surface area contributed by atoms with E-state index in [0.717, 1.165) is 49.4 Å². The van der Waals surface area contributed by atoms with Crippen LogP contribution in [0.5, 0.6) is 0 Å². The number of aromatic nitrogens is 3. The van der Waals surface area contributed by atoms with Gasteiger partial charge < -0.3 is 15.1 Å². The molecule has 4 rings (SSSR count). The molecule has 1 fully saturated rings. The quantitative estimate of drug-likeness (QED) is 0.290. The van der Waals surface area contributed by atoms with Gasteiger partial charge in [0.2, 0.25) is 0 Å². The van der Waals surface area contributed by atoms with Crippen LogP contribution in [0.1, 0.15) is 37.4 Å². The minimum absolute atomic E-state index is 0. The van der Waals surface area contributed by atoms with Gasteiger partial charge in [-0.25, -0.2) is 4.99 Å². The molecule has 4 heterocycles. The Morgan fingerprint density at radius 3 is 2.79 bits per heavy atom. The van der Waals surface area contributed by atoms with Gasteiger partial charge in [-0.05, 0) is 57.1 Å². The second kappa shape index (κ2) is 10.6. The van der Waals surface area contributed by atoms with Gasteiger partial charge in [-0.1, -0.05) is 6.07 Å². The molecule has 0 saturated carbocycles. The van der Waals surface area contributed by atoms with Gasteiger partial charge >= 0.3 is 0 Å². The highest BCUT2D eigenvalue weighted by atomic mass is 127. The summed E-state index contributed by atoms with van der Waals surface area (Å²) >= 11 is 0. The number of pyridine rings is 1. The maximum Gasteiger partial charge on any atom is 0.191 e. The van der Waals surface area contributed by atoms with Crippen molar-refractivity contribution < 1.29 is 4.42 Å². The van der Waals surface area contributed by atoms with Crippen LogP contribution in [0.4, 0.5) is 0 Å². The predicted molar refractivity (Wildman–Crippen MR) is 123 cm³/mol. The van der Waals surface area contributed by atoms with E-state index in [9.17, 15) is 0 Å². The summed E-state index contributed by atoms with van der Waals surface area (Å²) in [4.78, 5) is 7.18. The molecule has 3 aromatic heterocycles. The third-order valence-electron chi connectivity index (χ3n) is 5.02. The SMILES string of the molecule is CCNC(=NCc1nnc2ccccn12)NCC(c1ccco1)N1CCCC1.I. The normalized spacial score (nSPS) is 16.0. The number of aliphatic imine (C=N–C) groups is 1. The van der Waals surface area contributed by atoms with Crippen molar-refractivity contribution in [3.05, 3.63) is 54.4 Å². The van der Waals surface area contributed by atoms with Crippen molar-refractivity contribution in [1.29, 1.82) is 0 Å². The lowest BCUT2D eigenvalue weighted by Crippen LogP contribution is -2.42. The average Bonchev–Trinajstić information content (AvgIpc) is 3.48. The average molecular weight is 509 g/mol. The van der Waals surface area contributed by atoms with Gasteiger partial charge in [-0.2, -0.15) is 0 Å². The standard InChI is InChI=1S/C20H27N7O.HI/c1-2-21-20(23-15-19-25-24-18-9-3-4-12-27(18)19)22-14-16(17-8-7-13-28-17)26-10-5-6-11-26;/h3-4,7-9,12-13,16H,2,5-6,10-11,14-15H2,1H3,(H2,21,22,23);1H. The molecule has 9 heteroatoms. The number of halogens is 1. The fourth-order valence-electron chi connectivity index (χ4n) is 3.63. The van der Waals surface area contributed by atoms with E-state index in [-0.39, 0.29) is 30.0 Å². The highest BCUT2D eigenvalue weighted by molar-refractivity contribution is 14.0. The fraction of sp³-hybridized carbons (Fsp3) is 0.450. The molecule has 29 heavy (non-hydrogen) atoms. The van der Waals surface area contributed by atoms with E-state index in [1.165, 1.54) is 12.8 Å². The summed E-state index contributed by atoms with van der Waals surface area (Å²) in [5.74, 6) is 2.58. The van der Waals surface area contributed by atoms with E-state index in [1.807, 2.05) is 34.9 Å². The fourth-order valence-corrected chi connectivity index (χ4v) is 3.63. The van der Waals surface area contributed by atoms with Gasteiger partial charge in [0.1, 0.15) is 12.3 Å². The lowest BCUT2D eigenvalue weighted by atomic mass is 10.2. The maximum absolute atomic E-state index is 5.70. The molecule has 3 aromatic rings. The van der Waals surface area contributed by atoms with Crippen molar-refractivity contribution >= 4 is 35.6 Å². The Bertz CT molecular complexity index is 903. The molecule has 1 unspecified atom stereocenters. The molecule has 1 aliphatic heterocycles. The van der Waals surface area contributed by atoms with Crippen molar-refractivity contribution in [3.63, 3.8) is 0 Å². The number of likely N-dealkylation sites (tertiary alicyclic amines) is 1. The molecule has 2 N–H and O–H groups in total. The van der Waals surface area contributed by atoms with Gasteiger partial charge in [0.15, 0.2) is 17.4 Å². The number of hydrogen-bond donors (Lipinski definition) is 2. The smallest absolute Gasteiger partial charge is 0.191 e. The lowest BCUT2D eigenvalue weighted by Gasteiger charge is -2.26. The van der Waals surface area contributed by atoms with Crippen LogP contribution >= 0.6 is 24.0 Å². The van der Waals surface area contributed by atoms with Gasteiger partial charge in [-0.15, -0.1) is 34.2 Å². The minimum Gasteiger partial charge on any atom is -0.468 e. The van der Waals surface area contributed by atoms with Crippen LogP contribution in [0.15, 0.2) is 52.2 Å². The topological polar surface area (TPSA) is 83.0 Å². The molecule has 1 saturated heterocycles. The molecule has 0 aliphatic carbocycles. The molecule has 1 aliphatic rings. The third-order valence-corrected chi connectivity index (χ3v) is 5.02. The second-order valence-corrected chi connectivity index (χ2v) is 6.90. The highest BCUT2D eigenvalue weighted by Gasteiger charge is 2.25. The summed E-state index contributed by atoms with van der Waals surface area (Å²) in [6, 6.07) is 10.1. The van der Waals surface area contributed by atoms with Crippen molar-refractivity contribution in [1.82, 2.24) is 30.1 Å². The van der Waals surface area contributed by atoms with E-state index in [2.05, 4.69) is 38.7 Å². The zero-order valence-corrected chi connectivity index (χ0v) is 19.0. The molecule has 0 bridgehead atoms. The first kappa shape index (κ1) is 21.6. The van der Waals surface area contributed by atoms with E-state index in [0.29, 0.717) is 6.54 Å². The molecular formula is C20H28IN7O. The number of hydrogen-bond acceptors (Lipinski definition) is 5. The number of fused-ring (bicyclic) bond motifs is 1. The van der Waals surface area contributed by atoms with Crippen molar-refractivity contribution in [3.8, 4) is 0 Å². The lowest BCUT2D eigenvalue weighted by molar-refractivity contribution is 0.215. The molecule has 0 spiro atoms. The Hall–Kier alpha value is -2.14. The third kappa shape index (κ3) is 5.27. The first-order valence-electron chi connectivity index (χ1n) is 9.93. The van der Waals surface area contributed by atoms with E-state index < -0.39 is 0 Å². The summed E-state index contributed by atoms with van der Waals surface area (Å²) in [5, 5.41) is 15.2. The van der Waals surface area contributed by atoms with Crippen LogP contribution < -0.4 is 10.6 Å². The monoisotopic (exact) mass is 509 g/mol. The van der Waals surface area contributed by atoms with Crippen LogP contribution in [0.2, 0.25) is 0 Å². The number of nitrogens with one attached hydrogen (secondary N) is 2. The number of furan rings is 1. The van der Waals surface area contributed by atoms with Crippen molar-refractivity contribution in [2.75, 3.05) is 26.2 Å². The second-order valence-electron chi connectivity index (χ2n) is 6.90. The van der Waals surface area contributed by atoms with Crippen molar-refractivity contribution in [2.24, 2.45) is 4.99 Å². The minimum atomic E-state index is 0. The molecule has 0 radical (unpaired) electrons. The number of guanidine groups is 1. The Balaban J connectivity index is 0.00000240. The molecule has 0 amide bonds. The molecule has 1 atom stereocenters. The summed E-state index contributed by atoms with van der Waals surface area (Å²) in [5.41, 5.74) is 0.831. The summed E-state index contributed by atoms with van der Waals surface area (Å²) < 4.78 is 7.67. The Kier molecular flexibility index (Phi) is 7.87. The summed E-state index contributed by atoms with van der Waals surface area (Å²) in [7, 11) is 0. The van der Waals surface area contributed by atoms with Crippen LogP contribution in [-0.4, -0.2) is 51.6 Å². The molecule has 8 nitrogen and oxygen atoms in total. The number of nitrogens with zero attached hydrogens (tertiary/aromatic N) is 5. The zero-order chi connectivity index (χ0) is 19.2. The first-order valence-corrected chi connectivity index (χ1v) is 9.93. The zero-order valence-electron chi connectivity index (χ0n) is 16.6. The number of rotatable bonds is 7. The predicted octanol–water partition coefficient (Wildman–Crippen LogP) is 2.83. The van der Waals surface area contributed by atoms with Gasteiger partial charge in [-0.3, -0.25) is 9.30 Å². The van der Waals surface area contributed by atoms with E-state index >= 15 is 0 Å². The molecule has 156 valence electrons. The van der Waals surface area contributed by atoms with Gasteiger partial charge in [0.25, 0.3) is 0 Å². The largest absolute Gasteiger partial charge is 0.468 e. The van der Waals surface area contributed by atoms with E-state index in [1.54, 1.807) is 6.26 Å². The van der Waals surface area contributed by atoms with Gasteiger partial charge in [0, 0.05) is 19.3 Å². The van der Waals surface area contributed by atoms with Crippen LogP contribution in [-0.2, 0) is 6.54 Å². The van der Waals surface area contributed by atoms with E-state index in [4.69, 9.17) is 9.41 Å². The van der Waals surface area contributed by atoms with Crippen LogP contribution in [0.25, 0.3) is 5.65 Å². The van der Waals surface area contributed by atoms with Gasteiger partial charge in [0.05, 0.1) is 12.3 Å². The molecular weight excluding hydrogens is 481 g/mol. The Labute approximate surface area is 187 Å². The maximum atomic E-state index is 5.70. The summed E-state index contributed by atoms with van der Waals surface area (Å²) in [6.45, 7) is 6.25. The highest BCUT2D eigenvalue weighted by Crippen LogP contribution is 2.24. The van der Waals surface area contributed by atoms with Crippen LogP contribution in [0.3, 0.4) is 0 Å². The van der Waals surface area contributed by atoms with Crippen molar-refractivity contribution in [2.45, 2.75) is 32.4 Å². The Morgan fingerprint density at radius 1 is 1.17 bits per heavy atom. The van der Waals surface area contributed by atoms with Crippen LogP contribution in [0, 0.1) is 0 Å². The molecule has 0 aromatic carbocycles. The first-order chi connectivity index (χ1) is 13.8. The summed E-state index contributed by atoms with van der Waals surface area (Å²) in [6.07, 6.45) is 6.19. The Morgan fingerprint density at radius 2 is 2.03 bits per heavy atom.